The topological polar surface area (TPSA) is 83.8 Å². The molecule has 0 saturated heterocycles. The minimum absolute atomic E-state index is 0.0333. The van der Waals surface area contributed by atoms with Gasteiger partial charge < -0.3 is 14.9 Å². The third kappa shape index (κ3) is 4.56. The van der Waals surface area contributed by atoms with E-state index in [-0.39, 0.29) is 23.7 Å². The van der Waals surface area contributed by atoms with Crippen LogP contribution in [0.15, 0.2) is 24.3 Å². The highest BCUT2D eigenvalue weighted by molar-refractivity contribution is 5.94. The molecule has 1 unspecified atom stereocenters. The lowest BCUT2D eigenvalue weighted by molar-refractivity contribution is -0.0329. The molecule has 0 spiro atoms. The Bertz CT molecular complexity index is 519. The maximum atomic E-state index is 12.0. The van der Waals surface area contributed by atoms with Gasteiger partial charge in [0.2, 0.25) is 0 Å². The normalized spacial score (nSPS) is 13.0. The number of hydrogen-bond donors (Lipinski definition) is 2. The molecule has 0 aliphatic carbocycles. The zero-order valence-electron chi connectivity index (χ0n) is 12.8. The fourth-order valence-corrected chi connectivity index (χ4v) is 2.10. The second-order valence-electron chi connectivity index (χ2n) is 6.14. The van der Waals surface area contributed by atoms with Crippen molar-refractivity contribution in [3.8, 4) is 0 Å². The van der Waals surface area contributed by atoms with Gasteiger partial charge in [-0.1, -0.05) is 33.8 Å². The Morgan fingerprint density at radius 2 is 1.81 bits per heavy atom. The largest absolute Gasteiger partial charge is 0.478 e. The summed E-state index contributed by atoms with van der Waals surface area (Å²) >= 11 is 0. The summed E-state index contributed by atoms with van der Waals surface area (Å²) in [7, 11) is 0. The highest BCUT2D eigenvalue weighted by Crippen LogP contribution is 2.26. The molecule has 0 aliphatic rings. The number of benzene rings is 1. The van der Waals surface area contributed by atoms with Gasteiger partial charge in [0.25, 0.3) is 0 Å². The lowest BCUT2D eigenvalue weighted by Crippen LogP contribution is -2.38. The second kappa shape index (κ2) is 6.72. The van der Waals surface area contributed by atoms with Crippen molar-refractivity contribution >= 4 is 11.9 Å². The fraction of sp³-hybridized carbons (Fsp3) is 0.500. The summed E-state index contributed by atoms with van der Waals surface area (Å²) in [5, 5.41) is 19.0. The maximum Gasteiger partial charge on any atom is 0.338 e. The maximum absolute atomic E-state index is 12.0. The molecule has 2 N–H and O–H groups in total. The number of hydrogen-bond acceptors (Lipinski definition) is 4. The van der Waals surface area contributed by atoms with E-state index in [1.165, 1.54) is 24.3 Å². The SMILES string of the molecule is CC(C)C(O)C(C)(C)COC(=O)c1cccc(C(=O)O)c1. The Morgan fingerprint density at radius 1 is 1.24 bits per heavy atom. The van der Waals surface area contributed by atoms with Gasteiger partial charge in [-0.2, -0.15) is 0 Å². The van der Waals surface area contributed by atoms with E-state index in [0.29, 0.717) is 0 Å². The molecule has 1 rings (SSSR count). The first-order valence-corrected chi connectivity index (χ1v) is 6.83. The van der Waals surface area contributed by atoms with E-state index in [4.69, 9.17) is 9.84 Å². The van der Waals surface area contributed by atoms with Crippen LogP contribution in [0.4, 0.5) is 0 Å². The van der Waals surface area contributed by atoms with Crippen molar-refractivity contribution in [3.63, 3.8) is 0 Å². The molecule has 5 heteroatoms. The minimum Gasteiger partial charge on any atom is -0.478 e. The standard InChI is InChI=1S/C16H22O5/c1-10(2)13(17)16(3,4)9-21-15(20)12-7-5-6-11(8-12)14(18)19/h5-8,10,13,17H,9H2,1-4H3,(H,18,19). The van der Waals surface area contributed by atoms with Crippen molar-refractivity contribution in [2.24, 2.45) is 11.3 Å². The first kappa shape index (κ1) is 17.2. The van der Waals surface area contributed by atoms with Gasteiger partial charge in [-0.05, 0) is 24.1 Å². The number of carboxylic acids is 1. The van der Waals surface area contributed by atoms with Gasteiger partial charge in [0.05, 0.1) is 23.8 Å². The molecule has 0 aromatic heterocycles. The average molecular weight is 294 g/mol. The van der Waals surface area contributed by atoms with Gasteiger partial charge in [0, 0.05) is 5.41 Å². The number of aliphatic hydroxyl groups is 1. The number of esters is 1. The van der Waals surface area contributed by atoms with E-state index in [0.717, 1.165) is 0 Å². The van der Waals surface area contributed by atoms with Crippen LogP contribution in [0, 0.1) is 11.3 Å². The molecule has 116 valence electrons. The number of ether oxygens (including phenoxy) is 1. The van der Waals surface area contributed by atoms with Gasteiger partial charge in [-0.25, -0.2) is 9.59 Å². The Kier molecular flexibility index (Phi) is 5.49. The van der Waals surface area contributed by atoms with E-state index in [1.807, 2.05) is 27.7 Å². The summed E-state index contributed by atoms with van der Waals surface area (Å²) in [6.07, 6.45) is -0.601. The van der Waals surface area contributed by atoms with Crippen molar-refractivity contribution in [2.45, 2.75) is 33.8 Å². The van der Waals surface area contributed by atoms with Crippen molar-refractivity contribution in [1.82, 2.24) is 0 Å². The lowest BCUT2D eigenvalue weighted by Gasteiger charge is -2.32. The predicted molar refractivity (Wildman–Crippen MR) is 78.3 cm³/mol. The van der Waals surface area contributed by atoms with E-state index in [9.17, 15) is 14.7 Å². The molecule has 0 aliphatic heterocycles. The molecule has 21 heavy (non-hydrogen) atoms. The van der Waals surface area contributed by atoms with E-state index >= 15 is 0 Å². The van der Waals surface area contributed by atoms with Gasteiger partial charge in [-0.3, -0.25) is 0 Å². The summed E-state index contributed by atoms with van der Waals surface area (Å²) < 4.78 is 5.21. The van der Waals surface area contributed by atoms with Crippen LogP contribution in [0.5, 0.6) is 0 Å². The average Bonchev–Trinajstić information content (AvgIpc) is 2.43. The van der Waals surface area contributed by atoms with Crippen LogP contribution < -0.4 is 0 Å². The Labute approximate surface area is 124 Å². The van der Waals surface area contributed by atoms with Crippen LogP contribution in [0.1, 0.15) is 48.4 Å². The number of aliphatic hydroxyl groups excluding tert-OH is 1. The molecule has 1 aromatic carbocycles. The van der Waals surface area contributed by atoms with Crippen LogP contribution in [-0.2, 0) is 4.74 Å². The summed E-state index contributed by atoms with van der Waals surface area (Å²) in [5.74, 6) is -1.64. The van der Waals surface area contributed by atoms with Crippen molar-refractivity contribution in [3.05, 3.63) is 35.4 Å². The number of aromatic carboxylic acids is 1. The van der Waals surface area contributed by atoms with Crippen LogP contribution in [-0.4, -0.2) is 34.9 Å². The quantitative estimate of drug-likeness (QED) is 0.788. The molecule has 0 saturated carbocycles. The number of carbonyl (C=O) groups is 2. The van der Waals surface area contributed by atoms with Crippen molar-refractivity contribution < 1.29 is 24.5 Å². The molecular weight excluding hydrogens is 272 g/mol. The monoisotopic (exact) mass is 294 g/mol. The minimum atomic E-state index is -1.10. The molecule has 0 amide bonds. The molecule has 0 radical (unpaired) electrons. The lowest BCUT2D eigenvalue weighted by atomic mass is 9.81. The van der Waals surface area contributed by atoms with E-state index in [1.54, 1.807) is 0 Å². The molecule has 0 fully saturated rings. The zero-order chi connectivity index (χ0) is 16.2. The summed E-state index contributed by atoms with van der Waals surface area (Å²) in [4.78, 5) is 22.8. The third-order valence-electron chi connectivity index (χ3n) is 3.35. The number of carboxylic acid groups (broad SMARTS) is 1. The van der Waals surface area contributed by atoms with E-state index < -0.39 is 23.5 Å². The number of rotatable bonds is 6. The van der Waals surface area contributed by atoms with Gasteiger partial charge in [-0.15, -0.1) is 0 Å². The second-order valence-corrected chi connectivity index (χ2v) is 6.14. The van der Waals surface area contributed by atoms with Crippen LogP contribution in [0.25, 0.3) is 0 Å². The Balaban J connectivity index is 2.74. The first-order valence-electron chi connectivity index (χ1n) is 6.83. The summed E-state index contributed by atoms with van der Waals surface area (Å²) in [6, 6.07) is 5.68. The molecule has 5 nitrogen and oxygen atoms in total. The smallest absolute Gasteiger partial charge is 0.338 e. The highest BCUT2D eigenvalue weighted by atomic mass is 16.5. The Hall–Kier alpha value is -1.88. The molecule has 1 atom stereocenters. The molecular formula is C16H22O5. The van der Waals surface area contributed by atoms with Crippen LogP contribution in [0.3, 0.4) is 0 Å². The van der Waals surface area contributed by atoms with Crippen LogP contribution >= 0.6 is 0 Å². The number of carbonyl (C=O) groups excluding carboxylic acids is 1. The summed E-state index contributed by atoms with van der Waals surface area (Å²) in [6.45, 7) is 7.48. The fourth-order valence-electron chi connectivity index (χ4n) is 2.10. The van der Waals surface area contributed by atoms with Crippen molar-refractivity contribution in [1.29, 1.82) is 0 Å². The first-order chi connectivity index (χ1) is 9.65. The summed E-state index contributed by atoms with van der Waals surface area (Å²) in [5.41, 5.74) is -0.357. The zero-order valence-corrected chi connectivity index (χ0v) is 12.8. The van der Waals surface area contributed by atoms with Crippen molar-refractivity contribution in [2.75, 3.05) is 6.61 Å². The molecule has 0 heterocycles. The third-order valence-corrected chi connectivity index (χ3v) is 3.35. The van der Waals surface area contributed by atoms with E-state index in [2.05, 4.69) is 0 Å². The molecule has 1 aromatic rings. The Morgan fingerprint density at radius 3 is 2.33 bits per heavy atom. The predicted octanol–water partition coefficient (Wildman–Crippen LogP) is 2.58. The van der Waals surface area contributed by atoms with Crippen LogP contribution in [0.2, 0.25) is 0 Å². The van der Waals surface area contributed by atoms with Gasteiger partial charge >= 0.3 is 11.9 Å². The highest BCUT2D eigenvalue weighted by Gasteiger charge is 2.31. The van der Waals surface area contributed by atoms with Gasteiger partial charge in [0.1, 0.15) is 0 Å². The molecule has 0 bridgehead atoms. The van der Waals surface area contributed by atoms with Gasteiger partial charge in [0.15, 0.2) is 0 Å².